The highest BCUT2D eigenvalue weighted by atomic mass is 127. The Kier molecular flexibility index (Phi) is 4.90. The molecule has 104 valence electrons. The monoisotopic (exact) mass is 403 g/mol. The maximum absolute atomic E-state index is 11.7. The van der Waals surface area contributed by atoms with Crippen molar-refractivity contribution in [2.45, 2.75) is 6.54 Å². The van der Waals surface area contributed by atoms with Gasteiger partial charge < -0.3 is 15.7 Å². The molecule has 0 aliphatic carbocycles. The van der Waals surface area contributed by atoms with Gasteiger partial charge in [-0.1, -0.05) is 12.1 Å². The summed E-state index contributed by atoms with van der Waals surface area (Å²) < 4.78 is 0.933. The van der Waals surface area contributed by atoms with Crippen LogP contribution in [0.15, 0.2) is 29.6 Å². The largest absolute Gasteiger partial charge is 0.476 e. The van der Waals surface area contributed by atoms with E-state index in [9.17, 15) is 9.59 Å². The SMILES string of the molecule is O=C(NCc1nc(C(=O)O)cs1)Nc1ccccc1I. The van der Waals surface area contributed by atoms with Crippen molar-refractivity contribution < 1.29 is 14.7 Å². The fourth-order valence-electron chi connectivity index (χ4n) is 1.38. The minimum atomic E-state index is -1.07. The van der Waals surface area contributed by atoms with Crippen LogP contribution in [0.5, 0.6) is 0 Å². The number of carboxylic acid groups (broad SMARTS) is 1. The lowest BCUT2D eigenvalue weighted by atomic mass is 10.3. The normalized spacial score (nSPS) is 10.1. The number of nitrogens with one attached hydrogen (secondary N) is 2. The van der Waals surface area contributed by atoms with E-state index in [1.54, 1.807) is 6.07 Å². The quantitative estimate of drug-likeness (QED) is 0.685. The van der Waals surface area contributed by atoms with E-state index < -0.39 is 5.97 Å². The van der Waals surface area contributed by atoms with Crippen molar-refractivity contribution in [3.63, 3.8) is 0 Å². The van der Waals surface area contributed by atoms with Gasteiger partial charge in [0.05, 0.1) is 12.2 Å². The zero-order valence-corrected chi connectivity index (χ0v) is 13.1. The first-order valence-corrected chi connectivity index (χ1v) is 7.49. The molecule has 0 aliphatic rings. The fraction of sp³-hybridized carbons (Fsp3) is 0.0833. The highest BCUT2D eigenvalue weighted by Crippen LogP contribution is 2.16. The number of aromatic nitrogens is 1. The zero-order chi connectivity index (χ0) is 14.5. The average molecular weight is 403 g/mol. The molecule has 6 nitrogen and oxygen atoms in total. The molecule has 1 heterocycles. The van der Waals surface area contributed by atoms with Gasteiger partial charge in [0.2, 0.25) is 0 Å². The van der Waals surface area contributed by atoms with Gasteiger partial charge in [0.25, 0.3) is 0 Å². The number of amides is 2. The smallest absolute Gasteiger partial charge is 0.355 e. The van der Waals surface area contributed by atoms with Gasteiger partial charge in [-0.2, -0.15) is 0 Å². The fourth-order valence-corrected chi connectivity index (χ4v) is 2.61. The van der Waals surface area contributed by atoms with Crippen LogP contribution in [-0.4, -0.2) is 22.1 Å². The number of anilines is 1. The number of aromatic carboxylic acids is 1. The maximum atomic E-state index is 11.7. The number of hydrogen-bond acceptors (Lipinski definition) is 4. The van der Waals surface area contributed by atoms with Gasteiger partial charge >= 0.3 is 12.0 Å². The predicted molar refractivity (Wildman–Crippen MR) is 84.1 cm³/mol. The van der Waals surface area contributed by atoms with Gasteiger partial charge in [-0.05, 0) is 34.7 Å². The number of benzene rings is 1. The van der Waals surface area contributed by atoms with Gasteiger partial charge in [0.15, 0.2) is 5.69 Å². The Bertz CT molecular complexity index is 644. The van der Waals surface area contributed by atoms with Crippen LogP contribution in [-0.2, 0) is 6.54 Å². The molecular formula is C12H10IN3O3S. The second-order valence-corrected chi connectivity index (χ2v) is 5.82. The Hall–Kier alpha value is -1.68. The molecule has 0 aliphatic heterocycles. The number of halogens is 1. The topological polar surface area (TPSA) is 91.3 Å². The molecule has 20 heavy (non-hydrogen) atoms. The van der Waals surface area contributed by atoms with E-state index in [1.165, 1.54) is 16.7 Å². The second kappa shape index (κ2) is 6.66. The number of nitrogens with zero attached hydrogens (tertiary/aromatic N) is 1. The molecule has 0 saturated carbocycles. The molecule has 0 spiro atoms. The minimum Gasteiger partial charge on any atom is -0.476 e. The summed E-state index contributed by atoms with van der Waals surface area (Å²) in [5.74, 6) is -1.07. The van der Waals surface area contributed by atoms with Gasteiger partial charge in [0.1, 0.15) is 5.01 Å². The molecule has 2 aromatic rings. The molecule has 3 N–H and O–H groups in total. The van der Waals surface area contributed by atoms with E-state index in [4.69, 9.17) is 5.11 Å². The summed E-state index contributed by atoms with van der Waals surface area (Å²) in [6, 6.07) is 7.04. The molecule has 2 amide bonds. The van der Waals surface area contributed by atoms with Crippen molar-refractivity contribution in [2.75, 3.05) is 5.32 Å². The summed E-state index contributed by atoms with van der Waals surface area (Å²) in [6.07, 6.45) is 0. The van der Waals surface area contributed by atoms with Gasteiger partial charge in [-0.15, -0.1) is 11.3 Å². The Morgan fingerprint density at radius 1 is 1.35 bits per heavy atom. The number of carbonyl (C=O) groups is 2. The summed E-state index contributed by atoms with van der Waals surface area (Å²) in [4.78, 5) is 26.3. The standard InChI is InChI=1S/C12H10IN3O3S/c13-7-3-1-2-4-8(7)16-12(19)14-5-10-15-9(6-20-10)11(17)18/h1-4,6H,5H2,(H,17,18)(H2,14,16,19). The van der Waals surface area contributed by atoms with E-state index in [-0.39, 0.29) is 18.3 Å². The van der Waals surface area contributed by atoms with Crippen LogP contribution in [0.25, 0.3) is 0 Å². The highest BCUT2D eigenvalue weighted by molar-refractivity contribution is 14.1. The van der Waals surface area contributed by atoms with E-state index in [1.807, 2.05) is 18.2 Å². The third-order valence-electron chi connectivity index (χ3n) is 2.29. The van der Waals surface area contributed by atoms with E-state index in [0.29, 0.717) is 5.01 Å². The average Bonchev–Trinajstić information content (AvgIpc) is 2.88. The number of carboxylic acids is 1. The van der Waals surface area contributed by atoms with Gasteiger partial charge in [0, 0.05) is 8.95 Å². The van der Waals surface area contributed by atoms with Crippen molar-refractivity contribution in [1.29, 1.82) is 0 Å². The summed E-state index contributed by atoms with van der Waals surface area (Å²) in [5.41, 5.74) is 0.709. The van der Waals surface area contributed by atoms with E-state index in [0.717, 1.165) is 9.26 Å². The maximum Gasteiger partial charge on any atom is 0.355 e. The summed E-state index contributed by atoms with van der Waals surface area (Å²) >= 11 is 3.32. The summed E-state index contributed by atoms with van der Waals surface area (Å²) in [5, 5.41) is 16.1. The first-order chi connectivity index (χ1) is 9.56. The lowest BCUT2D eigenvalue weighted by Crippen LogP contribution is -2.28. The summed E-state index contributed by atoms with van der Waals surface area (Å²) in [6.45, 7) is 0.188. The number of rotatable bonds is 4. The minimum absolute atomic E-state index is 0.00943. The zero-order valence-electron chi connectivity index (χ0n) is 10.1. The van der Waals surface area contributed by atoms with Gasteiger partial charge in [-0.25, -0.2) is 14.6 Å². The van der Waals surface area contributed by atoms with E-state index >= 15 is 0 Å². The Morgan fingerprint density at radius 3 is 2.75 bits per heavy atom. The molecule has 0 unspecified atom stereocenters. The Labute approximate surface area is 132 Å². The van der Waals surface area contributed by atoms with Crippen LogP contribution in [0, 0.1) is 3.57 Å². The van der Waals surface area contributed by atoms with Crippen LogP contribution in [0.4, 0.5) is 10.5 Å². The summed E-state index contributed by atoms with van der Waals surface area (Å²) in [7, 11) is 0. The molecule has 1 aromatic carbocycles. The molecular weight excluding hydrogens is 393 g/mol. The van der Waals surface area contributed by atoms with Crippen molar-refractivity contribution in [2.24, 2.45) is 0 Å². The van der Waals surface area contributed by atoms with Crippen molar-refractivity contribution in [1.82, 2.24) is 10.3 Å². The van der Waals surface area contributed by atoms with E-state index in [2.05, 4.69) is 38.2 Å². The number of carbonyl (C=O) groups excluding carboxylic acids is 1. The lowest BCUT2D eigenvalue weighted by molar-refractivity contribution is 0.0691. The van der Waals surface area contributed by atoms with Crippen molar-refractivity contribution >= 4 is 51.6 Å². The van der Waals surface area contributed by atoms with Gasteiger partial charge in [-0.3, -0.25) is 0 Å². The van der Waals surface area contributed by atoms with Crippen LogP contribution in [0.2, 0.25) is 0 Å². The molecule has 0 bridgehead atoms. The molecule has 0 fully saturated rings. The van der Waals surface area contributed by atoms with Crippen molar-refractivity contribution in [3.05, 3.63) is 43.9 Å². The Morgan fingerprint density at radius 2 is 2.10 bits per heavy atom. The van der Waals surface area contributed by atoms with Crippen LogP contribution < -0.4 is 10.6 Å². The van der Waals surface area contributed by atoms with Crippen LogP contribution >= 0.6 is 33.9 Å². The molecule has 2 rings (SSSR count). The lowest BCUT2D eigenvalue weighted by Gasteiger charge is -2.07. The number of thiazole rings is 1. The third kappa shape index (κ3) is 3.90. The molecule has 0 atom stereocenters. The number of urea groups is 1. The van der Waals surface area contributed by atoms with Crippen LogP contribution in [0.3, 0.4) is 0 Å². The molecule has 8 heteroatoms. The van der Waals surface area contributed by atoms with Crippen molar-refractivity contribution in [3.8, 4) is 0 Å². The number of para-hydroxylation sites is 1. The second-order valence-electron chi connectivity index (χ2n) is 3.72. The first-order valence-electron chi connectivity index (χ1n) is 5.53. The molecule has 1 aromatic heterocycles. The first kappa shape index (κ1) is 14.7. The molecule has 0 saturated heterocycles. The third-order valence-corrected chi connectivity index (χ3v) is 4.08. The number of hydrogen-bond donors (Lipinski definition) is 3. The highest BCUT2D eigenvalue weighted by Gasteiger charge is 2.10. The predicted octanol–water partition coefficient (Wildman–Crippen LogP) is 2.77. The van der Waals surface area contributed by atoms with Crippen LogP contribution in [0.1, 0.15) is 15.5 Å². The Balaban J connectivity index is 1.89. The molecule has 0 radical (unpaired) electrons.